The number of carbonyl (C=O) groups is 1. The van der Waals surface area contributed by atoms with E-state index in [1.54, 1.807) is 18.2 Å². The summed E-state index contributed by atoms with van der Waals surface area (Å²) in [5, 5.41) is 21.4. The summed E-state index contributed by atoms with van der Waals surface area (Å²) in [6.07, 6.45) is 1.88. The molecular weight excluding hydrogens is 238 g/mol. The Hall–Kier alpha value is -1.20. The SMILES string of the molecule is CSC(CO)C(C)NC(=O)c1ccccc1O. The van der Waals surface area contributed by atoms with E-state index in [2.05, 4.69) is 5.32 Å². The highest BCUT2D eigenvalue weighted by molar-refractivity contribution is 7.99. The number of amides is 1. The zero-order chi connectivity index (χ0) is 12.8. The zero-order valence-electron chi connectivity index (χ0n) is 9.88. The lowest BCUT2D eigenvalue weighted by Crippen LogP contribution is -2.41. The highest BCUT2D eigenvalue weighted by Gasteiger charge is 2.19. The Labute approximate surface area is 105 Å². The molecule has 0 aliphatic carbocycles. The Kier molecular flexibility index (Phi) is 5.31. The molecule has 2 unspecified atom stereocenters. The third kappa shape index (κ3) is 3.64. The third-order valence-corrected chi connectivity index (χ3v) is 3.71. The van der Waals surface area contributed by atoms with Crippen LogP contribution >= 0.6 is 11.8 Å². The van der Waals surface area contributed by atoms with Crippen molar-refractivity contribution in [1.29, 1.82) is 0 Å². The van der Waals surface area contributed by atoms with Gasteiger partial charge in [0, 0.05) is 11.3 Å². The smallest absolute Gasteiger partial charge is 0.255 e. The second kappa shape index (κ2) is 6.51. The highest BCUT2D eigenvalue weighted by atomic mass is 32.2. The predicted molar refractivity (Wildman–Crippen MR) is 69.4 cm³/mol. The normalized spacial score (nSPS) is 14.1. The molecule has 0 spiro atoms. The van der Waals surface area contributed by atoms with Gasteiger partial charge in [-0.2, -0.15) is 11.8 Å². The standard InChI is InChI=1S/C12H17NO3S/c1-8(11(7-14)17-2)13-12(16)9-5-3-4-6-10(9)15/h3-6,8,11,14-15H,7H2,1-2H3,(H,13,16). The summed E-state index contributed by atoms with van der Waals surface area (Å²) in [7, 11) is 0. The Morgan fingerprint density at radius 3 is 2.65 bits per heavy atom. The number of para-hydroxylation sites is 1. The first kappa shape index (κ1) is 13.9. The maximum Gasteiger partial charge on any atom is 0.255 e. The van der Waals surface area contributed by atoms with Gasteiger partial charge in [0.1, 0.15) is 5.75 Å². The van der Waals surface area contributed by atoms with Crippen LogP contribution in [0.5, 0.6) is 5.75 Å². The molecule has 0 saturated carbocycles. The number of rotatable bonds is 5. The summed E-state index contributed by atoms with van der Waals surface area (Å²) in [5.41, 5.74) is 0.247. The number of phenols is 1. The maximum atomic E-state index is 11.9. The zero-order valence-corrected chi connectivity index (χ0v) is 10.7. The Morgan fingerprint density at radius 1 is 1.47 bits per heavy atom. The number of carbonyl (C=O) groups excluding carboxylic acids is 1. The molecule has 1 amide bonds. The molecule has 17 heavy (non-hydrogen) atoms. The molecule has 1 aromatic carbocycles. The minimum absolute atomic E-state index is 0.00336. The molecule has 1 aromatic rings. The minimum Gasteiger partial charge on any atom is -0.507 e. The van der Waals surface area contributed by atoms with Crippen molar-refractivity contribution >= 4 is 17.7 Å². The number of aromatic hydroxyl groups is 1. The van der Waals surface area contributed by atoms with Crippen LogP contribution in [0, 0.1) is 0 Å². The summed E-state index contributed by atoms with van der Waals surface area (Å²) in [4.78, 5) is 11.9. The van der Waals surface area contributed by atoms with Crippen LogP contribution in [0.1, 0.15) is 17.3 Å². The van der Waals surface area contributed by atoms with Gasteiger partial charge >= 0.3 is 0 Å². The molecule has 4 nitrogen and oxygen atoms in total. The molecule has 5 heteroatoms. The van der Waals surface area contributed by atoms with Gasteiger partial charge in [0.25, 0.3) is 5.91 Å². The molecule has 0 radical (unpaired) electrons. The van der Waals surface area contributed by atoms with E-state index < -0.39 is 0 Å². The average molecular weight is 255 g/mol. The minimum atomic E-state index is -0.330. The van der Waals surface area contributed by atoms with Crippen molar-refractivity contribution in [1.82, 2.24) is 5.32 Å². The van der Waals surface area contributed by atoms with Gasteiger partial charge in [0.05, 0.1) is 12.2 Å². The molecule has 2 atom stereocenters. The monoisotopic (exact) mass is 255 g/mol. The topological polar surface area (TPSA) is 69.6 Å². The molecule has 94 valence electrons. The van der Waals surface area contributed by atoms with E-state index >= 15 is 0 Å². The van der Waals surface area contributed by atoms with Gasteiger partial charge < -0.3 is 15.5 Å². The first-order chi connectivity index (χ1) is 8.10. The summed E-state index contributed by atoms with van der Waals surface area (Å²) in [6, 6.07) is 6.22. The Bertz CT molecular complexity index is 380. The number of aliphatic hydroxyl groups excluding tert-OH is 1. The van der Waals surface area contributed by atoms with Crippen molar-refractivity contribution in [2.75, 3.05) is 12.9 Å². The Balaban J connectivity index is 2.70. The molecule has 0 fully saturated rings. The summed E-state index contributed by atoms with van der Waals surface area (Å²) >= 11 is 1.49. The second-order valence-electron chi connectivity index (χ2n) is 3.74. The molecule has 0 saturated heterocycles. The molecular formula is C12H17NO3S. The van der Waals surface area contributed by atoms with Crippen molar-refractivity contribution in [2.24, 2.45) is 0 Å². The third-order valence-electron chi connectivity index (χ3n) is 2.55. The fourth-order valence-corrected chi connectivity index (χ4v) is 2.11. The lowest BCUT2D eigenvalue weighted by Gasteiger charge is -2.21. The van der Waals surface area contributed by atoms with Crippen LogP contribution in [0.25, 0.3) is 0 Å². The van der Waals surface area contributed by atoms with E-state index in [9.17, 15) is 9.90 Å². The van der Waals surface area contributed by atoms with Crippen molar-refractivity contribution in [3.05, 3.63) is 29.8 Å². The van der Waals surface area contributed by atoms with Crippen molar-refractivity contribution in [3.8, 4) is 5.75 Å². The molecule has 0 aliphatic rings. The van der Waals surface area contributed by atoms with Crippen molar-refractivity contribution < 1.29 is 15.0 Å². The Morgan fingerprint density at radius 2 is 2.12 bits per heavy atom. The maximum absolute atomic E-state index is 11.9. The molecule has 3 N–H and O–H groups in total. The number of benzene rings is 1. The molecule has 0 bridgehead atoms. The van der Waals surface area contributed by atoms with Gasteiger partial charge in [-0.15, -0.1) is 0 Å². The largest absolute Gasteiger partial charge is 0.507 e. The van der Waals surface area contributed by atoms with Crippen molar-refractivity contribution in [3.63, 3.8) is 0 Å². The van der Waals surface area contributed by atoms with Crippen molar-refractivity contribution in [2.45, 2.75) is 18.2 Å². The van der Waals surface area contributed by atoms with Crippen LogP contribution in [0.2, 0.25) is 0 Å². The van der Waals surface area contributed by atoms with Crippen LogP contribution < -0.4 is 5.32 Å². The summed E-state index contributed by atoms with van der Waals surface area (Å²) < 4.78 is 0. The number of thioether (sulfide) groups is 1. The number of phenolic OH excluding ortho intramolecular Hbond substituents is 1. The van der Waals surface area contributed by atoms with Crippen LogP contribution in [-0.4, -0.2) is 40.3 Å². The van der Waals surface area contributed by atoms with E-state index in [1.807, 2.05) is 13.2 Å². The van der Waals surface area contributed by atoms with Gasteiger partial charge in [-0.05, 0) is 25.3 Å². The van der Waals surface area contributed by atoms with Gasteiger partial charge in [-0.25, -0.2) is 0 Å². The summed E-state index contributed by atoms with van der Waals surface area (Å²) in [5.74, 6) is -0.370. The van der Waals surface area contributed by atoms with Crippen LogP contribution in [0.3, 0.4) is 0 Å². The lowest BCUT2D eigenvalue weighted by atomic mass is 10.1. The van der Waals surface area contributed by atoms with E-state index in [0.717, 1.165) is 0 Å². The quantitative estimate of drug-likeness (QED) is 0.740. The van der Waals surface area contributed by atoms with Crippen LogP contribution in [0.4, 0.5) is 0 Å². The van der Waals surface area contributed by atoms with Gasteiger partial charge in [-0.3, -0.25) is 4.79 Å². The number of hydrogen-bond acceptors (Lipinski definition) is 4. The van der Waals surface area contributed by atoms with E-state index in [0.29, 0.717) is 0 Å². The number of hydrogen-bond donors (Lipinski definition) is 3. The molecule has 0 heterocycles. The van der Waals surface area contributed by atoms with E-state index in [-0.39, 0.29) is 35.1 Å². The molecule has 0 aliphatic heterocycles. The van der Waals surface area contributed by atoms with Crippen LogP contribution in [0.15, 0.2) is 24.3 Å². The fraction of sp³-hybridized carbons (Fsp3) is 0.417. The first-order valence-corrected chi connectivity index (χ1v) is 6.61. The lowest BCUT2D eigenvalue weighted by molar-refractivity contribution is 0.0933. The van der Waals surface area contributed by atoms with E-state index in [1.165, 1.54) is 17.8 Å². The van der Waals surface area contributed by atoms with E-state index in [4.69, 9.17) is 5.11 Å². The highest BCUT2D eigenvalue weighted by Crippen LogP contribution is 2.16. The number of nitrogens with one attached hydrogen (secondary N) is 1. The number of aliphatic hydroxyl groups is 1. The molecule has 1 rings (SSSR count). The summed E-state index contributed by atoms with van der Waals surface area (Å²) in [6.45, 7) is 1.83. The first-order valence-electron chi connectivity index (χ1n) is 5.32. The molecule has 0 aromatic heterocycles. The predicted octanol–water partition coefficient (Wildman–Crippen LogP) is 1.23. The second-order valence-corrected chi connectivity index (χ2v) is 4.81. The average Bonchev–Trinajstić information content (AvgIpc) is 2.31. The van der Waals surface area contributed by atoms with Gasteiger partial charge in [0.15, 0.2) is 0 Å². The van der Waals surface area contributed by atoms with Crippen LogP contribution in [-0.2, 0) is 0 Å². The fourth-order valence-electron chi connectivity index (χ4n) is 1.48. The van der Waals surface area contributed by atoms with Gasteiger partial charge in [0.2, 0.25) is 0 Å². The van der Waals surface area contributed by atoms with Gasteiger partial charge in [-0.1, -0.05) is 12.1 Å².